The lowest BCUT2D eigenvalue weighted by Gasteiger charge is -2.09. The quantitative estimate of drug-likeness (QED) is 0.781. The number of fused-ring (bicyclic) bond motifs is 1. The molecule has 0 atom stereocenters. The van der Waals surface area contributed by atoms with Crippen molar-refractivity contribution < 1.29 is 0 Å². The van der Waals surface area contributed by atoms with Gasteiger partial charge in [0.15, 0.2) is 0 Å². The number of nitrogens with two attached hydrogens (primary N) is 2. The zero-order chi connectivity index (χ0) is 11.0. The van der Waals surface area contributed by atoms with Crippen LogP contribution in [0, 0.1) is 0 Å². The van der Waals surface area contributed by atoms with Crippen LogP contribution < -0.4 is 11.5 Å². The Bertz CT molecular complexity index is 485. The predicted octanol–water partition coefficient (Wildman–Crippen LogP) is 1.66. The topological polar surface area (TPSA) is 69.9 Å². The zero-order valence-corrected chi connectivity index (χ0v) is 9.07. The Morgan fingerprint density at radius 2 is 2.13 bits per heavy atom. The van der Waals surface area contributed by atoms with Gasteiger partial charge in [-0.05, 0) is 31.5 Å². The van der Waals surface area contributed by atoms with Gasteiger partial charge in [-0.15, -0.1) is 0 Å². The van der Waals surface area contributed by atoms with Gasteiger partial charge in [0.25, 0.3) is 0 Å². The van der Waals surface area contributed by atoms with Crippen LogP contribution in [0.5, 0.6) is 0 Å². The van der Waals surface area contributed by atoms with Gasteiger partial charge >= 0.3 is 0 Å². The molecule has 80 valence electrons. The molecule has 4 N–H and O–H groups in total. The molecule has 1 aromatic heterocycles. The monoisotopic (exact) mass is 204 g/mol. The summed E-state index contributed by atoms with van der Waals surface area (Å²) in [5.41, 5.74) is 14.5. The second kappa shape index (κ2) is 3.55. The van der Waals surface area contributed by atoms with Gasteiger partial charge < -0.3 is 16.0 Å². The van der Waals surface area contributed by atoms with E-state index < -0.39 is 0 Å². The Balaban J connectivity index is 2.68. The Morgan fingerprint density at radius 1 is 1.40 bits per heavy atom. The lowest BCUT2D eigenvalue weighted by atomic mass is 10.2. The maximum atomic E-state index is 5.87. The minimum atomic E-state index is 0.318. The Labute approximate surface area is 88.9 Å². The molecular formula is C11H16N4. The summed E-state index contributed by atoms with van der Waals surface area (Å²) >= 11 is 0. The molecule has 1 heterocycles. The van der Waals surface area contributed by atoms with Crippen LogP contribution in [0.25, 0.3) is 11.0 Å². The van der Waals surface area contributed by atoms with E-state index in [-0.39, 0.29) is 0 Å². The number of anilines is 1. The van der Waals surface area contributed by atoms with E-state index in [4.69, 9.17) is 11.5 Å². The molecule has 0 aliphatic carbocycles. The number of nitrogen functional groups attached to an aromatic ring is 1. The third kappa shape index (κ3) is 1.57. The normalized spacial score (nSPS) is 11.5. The van der Waals surface area contributed by atoms with Crippen LogP contribution in [0.1, 0.15) is 25.5 Å². The highest BCUT2D eigenvalue weighted by Crippen LogP contribution is 2.23. The second-order valence-corrected chi connectivity index (χ2v) is 3.96. The molecule has 0 unspecified atom stereocenters. The van der Waals surface area contributed by atoms with Crippen molar-refractivity contribution in [1.29, 1.82) is 0 Å². The first-order chi connectivity index (χ1) is 7.13. The molecule has 0 radical (unpaired) electrons. The van der Waals surface area contributed by atoms with E-state index >= 15 is 0 Å². The highest BCUT2D eigenvalue weighted by atomic mass is 15.2. The number of nitrogens with zero attached hydrogens (tertiary/aromatic N) is 2. The van der Waals surface area contributed by atoms with Crippen molar-refractivity contribution in [3.8, 4) is 0 Å². The Kier molecular flexibility index (Phi) is 2.36. The molecule has 15 heavy (non-hydrogen) atoms. The lowest BCUT2D eigenvalue weighted by Crippen LogP contribution is -2.05. The molecule has 0 aliphatic rings. The maximum Gasteiger partial charge on any atom is 0.201 e. The first kappa shape index (κ1) is 9.98. The van der Waals surface area contributed by atoms with Crippen LogP contribution in [0.15, 0.2) is 18.2 Å². The standard InChI is InChI=1S/C11H16N4/c1-7(2)15-10-4-3-8(6-12)5-9(10)14-11(15)13/h3-5,7H,6,12H2,1-2H3,(H2,13,14). The van der Waals surface area contributed by atoms with Gasteiger partial charge in [0, 0.05) is 12.6 Å². The van der Waals surface area contributed by atoms with Crippen LogP contribution in [0.3, 0.4) is 0 Å². The fourth-order valence-corrected chi connectivity index (χ4v) is 1.83. The summed E-state index contributed by atoms with van der Waals surface area (Å²) in [5, 5.41) is 0. The average molecular weight is 204 g/mol. The SMILES string of the molecule is CC(C)n1c(N)nc2cc(CN)ccc21. The van der Waals surface area contributed by atoms with Crippen molar-refractivity contribution in [3.63, 3.8) is 0 Å². The third-order valence-corrected chi connectivity index (χ3v) is 2.53. The highest BCUT2D eigenvalue weighted by Gasteiger charge is 2.10. The summed E-state index contributed by atoms with van der Waals surface area (Å²) in [6, 6.07) is 6.35. The Morgan fingerprint density at radius 3 is 2.73 bits per heavy atom. The summed E-state index contributed by atoms with van der Waals surface area (Å²) in [4.78, 5) is 4.33. The molecule has 1 aromatic carbocycles. The van der Waals surface area contributed by atoms with E-state index in [1.165, 1.54) is 0 Å². The third-order valence-electron chi connectivity index (χ3n) is 2.53. The number of imidazole rings is 1. The summed E-state index contributed by atoms with van der Waals surface area (Å²) in [6.07, 6.45) is 0. The van der Waals surface area contributed by atoms with Gasteiger partial charge in [0.2, 0.25) is 5.95 Å². The first-order valence-electron chi connectivity index (χ1n) is 5.10. The van der Waals surface area contributed by atoms with Gasteiger partial charge in [-0.2, -0.15) is 0 Å². The molecule has 0 fully saturated rings. The molecule has 2 rings (SSSR count). The first-order valence-corrected chi connectivity index (χ1v) is 5.10. The molecule has 2 aromatic rings. The second-order valence-electron chi connectivity index (χ2n) is 3.96. The van der Waals surface area contributed by atoms with E-state index in [0.717, 1.165) is 16.6 Å². The number of aromatic nitrogens is 2. The molecule has 0 saturated heterocycles. The van der Waals surface area contributed by atoms with Crippen LogP contribution >= 0.6 is 0 Å². The summed E-state index contributed by atoms with van der Waals surface area (Å²) < 4.78 is 2.02. The number of rotatable bonds is 2. The van der Waals surface area contributed by atoms with E-state index in [1.807, 2.05) is 22.8 Å². The maximum absolute atomic E-state index is 5.87. The number of hydrogen-bond acceptors (Lipinski definition) is 3. The molecule has 4 heteroatoms. The van der Waals surface area contributed by atoms with E-state index in [2.05, 4.69) is 18.8 Å². The van der Waals surface area contributed by atoms with Gasteiger partial charge in [0.1, 0.15) is 0 Å². The van der Waals surface area contributed by atoms with E-state index in [0.29, 0.717) is 18.5 Å². The van der Waals surface area contributed by atoms with Crippen molar-refractivity contribution in [2.24, 2.45) is 5.73 Å². The van der Waals surface area contributed by atoms with Gasteiger partial charge in [-0.1, -0.05) is 6.07 Å². The minimum Gasteiger partial charge on any atom is -0.369 e. The fraction of sp³-hybridized carbons (Fsp3) is 0.364. The molecular weight excluding hydrogens is 188 g/mol. The van der Waals surface area contributed by atoms with Crippen molar-refractivity contribution >= 4 is 17.0 Å². The molecule has 0 aliphatic heterocycles. The van der Waals surface area contributed by atoms with E-state index in [9.17, 15) is 0 Å². The number of hydrogen-bond donors (Lipinski definition) is 2. The predicted molar refractivity (Wildman–Crippen MR) is 62.4 cm³/mol. The van der Waals surface area contributed by atoms with Crippen molar-refractivity contribution in [2.75, 3.05) is 5.73 Å². The average Bonchev–Trinajstić information content (AvgIpc) is 2.52. The zero-order valence-electron chi connectivity index (χ0n) is 9.07. The minimum absolute atomic E-state index is 0.318. The summed E-state index contributed by atoms with van der Waals surface area (Å²) in [7, 11) is 0. The smallest absolute Gasteiger partial charge is 0.201 e. The largest absolute Gasteiger partial charge is 0.369 e. The van der Waals surface area contributed by atoms with E-state index in [1.54, 1.807) is 0 Å². The van der Waals surface area contributed by atoms with Crippen molar-refractivity contribution in [1.82, 2.24) is 9.55 Å². The molecule has 0 bridgehead atoms. The summed E-state index contributed by atoms with van der Waals surface area (Å²) in [5.74, 6) is 0.564. The van der Waals surface area contributed by atoms with Gasteiger partial charge in [-0.3, -0.25) is 0 Å². The van der Waals surface area contributed by atoms with Crippen LogP contribution in [-0.2, 0) is 6.54 Å². The summed E-state index contributed by atoms with van der Waals surface area (Å²) in [6.45, 7) is 4.72. The Hall–Kier alpha value is -1.55. The molecule has 4 nitrogen and oxygen atoms in total. The molecule has 0 saturated carbocycles. The number of benzene rings is 1. The molecule has 0 amide bonds. The highest BCUT2D eigenvalue weighted by molar-refractivity contribution is 5.79. The van der Waals surface area contributed by atoms with Crippen LogP contribution in [-0.4, -0.2) is 9.55 Å². The van der Waals surface area contributed by atoms with Gasteiger partial charge in [0.05, 0.1) is 11.0 Å². The van der Waals surface area contributed by atoms with Crippen LogP contribution in [0.4, 0.5) is 5.95 Å². The lowest BCUT2D eigenvalue weighted by molar-refractivity contribution is 0.627. The molecule has 0 spiro atoms. The van der Waals surface area contributed by atoms with Crippen molar-refractivity contribution in [3.05, 3.63) is 23.8 Å². The van der Waals surface area contributed by atoms with Crippen LogP contribution in [0.2, 0.25) is 0 Å². The van der Waals surface area contributed by atoms with Gasteiger partial charge in [-0.25, -0.2) is 4.98 Å². The fourth-order valence-electron chi connectivity index (χ4n) is 1.83. The van der Waals surface area contributed by atoms with Crippen molar-refractivity contribution in [2.45, 2.75) is 26.4 Å².